The zero-order chi connectivity index (χ0) is 20.3. The summed E-state index contributed by atoms with van der Waals surface area (Å²) >= 11 is 2.01. The fourth-order valence-electron chi connectivity index (χ4n) is 2.66. The number of benzene rings is 1. The smallest absolute Gasteiger partial charge is 0.279 e. The lowest BCUT2D eigenvalue weighted by Crippen LogP contribution is -2.30. The number of nitrogens with zero attached hydrogens (tertiary/aromatic N) is 2. The highest BCUT2D eigenvalue weighted by atomic mass is 127. The van der Waals surface area contributed by atoms with E-state index in [-0.39, 0.29) is 17.9 Å². The van der Waals surface area contributed by atoms with Gasteiger partial charge in [0.2, 0.25) is 0 Å². The molecular weight excluding hydrogens is 482 g/mol. The van der Waals surface area contributed by atoms with Gasteiger partial charge < -0.3 is 20.1 Å². The van der Waals surface area contributed by atoms with Crippen molar-refractivity contribution in [1.82, 2.24) is 15.0 Å². The quantitative estimate of drug-likeness (QED) is 0.292. The number of hydrogen-bond acceptors (Lipinski definition) is 6. The molecule has 3 rings (SSSR count). The minimum atomic E-state index is -1.12. The average molecular weight is 500 g/mol. The van der Waals surface area contributed by atoms with Crippen LogP contribution >= 0.6 is 22.6 Å². The number of hydroxylamine groups is 1. The van der Waals surface area contributed by atoms with E-state index in [4.69, 9.17) is 9.94 Å². The number of amides is 1. The number of hydrogen-bond donors (Lipinski definition) is 4. The van der Waals surface area contributed by atoms with Crippen molar-refractivity contribution in [3.8, 4) is 0 Å². The number of aliphatic hydroxyl groups is 2. The highest BCUT2D eigenvalue weighted by Gasteiger charge is 2.23. The molecule has 148 valence electrons. The molecule has 0 bridgehead atoms. The molecule has 0 fully saturated rings. The third-order valence-electron chi connectivity index (χ3n) is 4.01. The van der Waals surface area contributed by atoms with Crippen LogP contribution in [-0.4, -0.2) is 45.0 Å². The van der Waals surface area contributed by atoms with Gasteiger partial charge in [0.1, 0.15) is 30.0 Å². The summed E-state index contributed by atoms with van der Waals surface area (Å²) in [6.07, 6.45) is 0.473. The van der Waals surface area contributed by atoms with Crippen molar-refractivity contribution in [2.24, 2.45) is 7.05 Å². The Balaban J connectivity index is 1.98. The van der Waals surface area contributed by atoms with E-state index in [1.54, 1.807) is 42.1 Å². The van der Waals surface area contributed by atoms with E-state index < -0.39 is 24.4 Å². The lowest BCUT2D eigenvalue weighted by atomic mass is 10.2. The van der Waals surface area contributed by atoms with Crippen molar-refractivity contribution in [3.63, 3.8) is 0 Å². The maximum absolute atomic E-state index is 14.3. The Morgan fingerprint density at radius 3 is 2.93 bits per heavy atom. The molecule has 0 aliphatic heterocycles. The molecule has 0 aliphatic carbocycles. The molecule has 8 nitrogen and oxygen atoms in total. The number of nitrogens with one attached hydrogen (secondary N) is 2. The average Bonchev–Trinajstić information content (AvgIpc) is 2.96. The Bertz CT molecular complexity index is 1010. The van der Waals surface area contributed by atoms with Crippen LogP contribution in [0.4, 0.5) is 15.9 Å². The normalized spacial score (nSPS) is 12.2. The molecule has 4 N–H and O–H groups in total. The van der Waals surface area contributed by atoms with E-state index in [9.17, 15) is 14.3 Å². The van der Waals surface area contributed by atoms with E-state index in [0.29, 0.717) is 16.9 Å². The van der Waals surface area contributed by atoms with E-state index in [1.807, 2.05) is 22.6 Å². The van der Waals surface area contributed by atoms with Gasteiger partial charge in [0, 0.05) is 22.2 Å². The lowest BCUT2D eigenvalue weighted by Gasteiger charge is -2.13. The van der Waals surface area contributed by atoms with Crippen LogP contribution in [0.3, 0.4) is 0 Å². The first-order valence-corrected chi connectivity index (χ1v) is 9.36. The molecular formula is C18H18FIN4O4. The van der Waals surface area contributed by atoms with Gasteiger partial charge in [-0.1, -0.05) is 0 Å². The van der Waals surface area contributed by atoms with Gasteiger partial charge in [-0.2, -0.15) is 0 Å². The molecule has 28 heavy (non-hydrogen) atoms. The molecule has 3 aromatic rings. The summed E-state index contributed by atoms with van der Waals surface area (Å²) in [5.41, 5.74) is 3.17. The minimum Gasteiger partial charge on any atom is -0.394 e. The molecule has 1 atom stereocenters. The van der Waals surface area contributed by atoms with Gasteiger partial charge >= 0.3 is 0 Å². The highest BCUT2D eigenvalue weighted by Crippen LogP contribution is 2.31. The van der Waals surface area contributed by atoms with Gasteiger partial charge in [0.15, 0.2) is 0 Å². The first-order valence-electron chi connectivity index (χ1n) is 8.29. The van der Waals surface area contributed by atoms with Crippen LogP contribution < -0.4 is 10.8 Å². The van der Waals surface area contributed by atoms with E-state index in [1.165, 1.54) is 6.07 Å². The number of aliphatic hydroxyl groups excluding tert-OH is 2. The van der Waals surface area contributed by atoms with Crippen molar-refractivity contribution in [2.45, 2.75) is 6.10 Å². The third kappa shape index (κ3) is 4.24. The maximum Gasteiger partial charge on any atom is 0.279 e. The Morgan fingerprint density at radius 2 is 2.21 bits per heavy atom. The van der Waals surface area contributed by atoms with Crippen LogP contribution in [-0.2, 0) is 11.9 Å². The van der Waals surface area contributed by atoms with Crippen molar-refractivity contribution in [1.29, 1.82) is 0 Å². The zero-order valence-electron chi connectivity index (χ0n) is 14.8. The summed E-state index contributed by atoms with van der Waals surface area (Å²) in [6, 6.07) is 8.10. The largest absolute Gasteiger partial charge is 0.394 e. The number of carbonyl (C=O) groups is 1. The monoisotopic (exact) mass is 500 g/mol. The second kappa shape index (κ2) is 8.82. The topological polar surface area (TPSA) is 109 Å². The van der Waals surface area contributed by atoms with Crippen LogP contribution in [0, 0.1) is 9.39 Å². The Hall–Kier alpha value is -2.28. The summed E-state index contributed by atoms with van der Waals surface area (Å²) in [6.45, 7) is -0.771. The number of carbonyl (C=O) groups excluding carboxylic acids is 1. The van der Waals surface area contributed by atoms with Crippen LogP contribution in [0.25, 0.3) is 11.0 Å². The minimum absolute atomic E-state index is 0.206. The molecule has 0 unspecified atom stereocenters. The Labute approximate surface area is 173 Å². The third-order valence-corrected chi connectivity index (χ3v) is 4.68. The van der Waals surface area contributed by atoms with E-state index in [2.05, 4.69) is 15.8 Å². The molecule has 0 saturated carbocycles. The summed E-state index contributed by atoms with van der Waals surface area (Å²) in [5, 5.41) is 21.6. The van der Waals surface area contributed by atoms with Gasteiger partial charge in [-0.3, -0.25) is 9.63 Å². The predicted molar refractivity (Wildman–Crippen MR) is 110 cm³/mol. The zero-order valence-corrected chi connectivity index (χ0v) is 17.0. The van der Waals surface area contributed by atoms with Crippen LogP contribution in [0.5, 0.6) is 0 Å². The number of halogens is 2. The van der Waals surface area contributed by atoms with Crippen molar-refractivity contribution >= 4 is 51.0 Å². The number of pyridine rings is 1. The Morgan fingerprint density at radius 1 is 1.43 bits per heavy atom. The Kier molecular flexibility index (Phi) is 6.44. The molecule has 1 amide bonds. The molecule has 1 aromatic carbocycles. The second-order valence-corrected chi connectivity index (χ2v) is 7.23. The standard InChI is InChI=1S/C18H18FIN4O4/c1-24-16-12(3-2-6-21-16)15(18(27)23-28-9-11(26)8-25)17(24)22-14-5-4-10(20)7-13(14)19/h2-7,11,22,25-26H,8-9H2,1H3,(H,23,27)/t11-/m1/s1. The number of rotatable bonds is 7. The van der Waals surface area contributed by atoms with Gasteiger partial charge in [0.25, 0.3) is 5.91 Å². The second-order valence-electron chi connectivity index (χ2n) is 5.98. The first kappa shape index (κ1) is 20.5. The number of anilines is 2. The SMILES string of the molecule is Cn1c(Nc2ccc(I)cc2F)c(C(=O)NOC[C@H](O)CO)c2cccnc21. The van der Waals surface area contributed by atoms with Gasteiger partial charge in [-0.05, 0) is 52.9 Å². The summed E-state index contributed by atoms with van der Waals surface area (Å²) < 4.78 is 16.7. The predicted octanol–water partition coefficient (Wildman–Crippen LogP) is 2.08. The number of aryl methyl sites for hydroxylation is 1. The number of aromatic nitrogens is 2. The van der Waals surface area contributed by atoms with Crippen molar-refractivity contribution in [2.75, 3.05) is 18.5 Å². The fraction of sp³-hybridized carbons (Fsp3) is 0.222. The molecule has 0 radical (unpaired) electrons. The summed E-state index contributed by atoms with van der Waals surface area (Å²) in [5.74, 6) is -0.728. The highest BCUT2D eigenvalue weighted by molar-refractivity contribution is 14.1. The van der Waals surface area contributed by atoms with Gasteiger partial charge in [-0.25, -0.2) is 14.9 Å². The van der Waals surface area contributed by atoms with Crippen LogP contribution in [0.15, 0.2) is 36.5 Å². The van der Waals surface area contributed by atoms with Crippen molar-refractivity contribution < 1.29 is 24.2 Å². The molecule has 2 aromatic heterocycles. The molecule has 0 aliphatic rings. The summed E-state index contributed by atoms with van der Waals surface area (Å²) in [7, 11) is 1.70. The molecule has 2 heterocycles. The molecule has 10 heteroatoms. The van der Waals surface area contributed by atoms with Gasteiger partial charge in [0.05, 0.1) is 17.9 Å². The van der Waals surface area contributed by atoms with Crippen LogP contribution in [0.1, 0.15) is 10.4 Å². The van der Waals surface area contributed by atoms with Gasteiger partial charge in [-0.15, -0.1) is 0 Å². The maximum atomic E-state index is 14.3. The lowest BCUT2D eigenvalue weighted by molar-refractivity contribution is -0.0294. The summed E-state index contributed by atoms with van der Waals surface area (Å²) in [4.78, 5) is 22.0. The fourth-order valence-corrected chi connectivity index (χ4v) is 3.12. The van der Waals surface area contributed by atoms with E-state index in [0.717, 1.165) is 3.57 Å². The first-order chi connectivity index (χ1) is 13.4. The van der Waals surface area contributed by atoms with E-state index >= 15 is 0 Å². The van der Waals surface area contributed by atoms with Crippen LogP contribution in [0.2, 0.25) is 0 Å². The molecule has 0 saturated heterocycles. The molecule has 0 spiro atoms. The van der Waals surface area contributed by atoms with Crippen molar-refractivity contribution in [3.05, 3.63) is 51.5 Å². The number of fused-ring (bicyclic) bond motifs is 1.